The van der Waals surface area contributed by atoms with Gasteiger partial charge in [0, 0.05) is 8.95 Å². The molecule has 2 nitrogen and oxygen atoms in total. The van der Waals surface area contributed by atoms with Crippen LogP contribution < -0.4 is 5.46 Å². The van der Waals surface area contributed by atoms with Gasteiger partial charge in [-0.1, -0.05) is 396 Å². The Balaban J connectivity index is 0.000000145. The number of halogens is 2. The topological polar surface area (TPSA) is 40.5 Å². The highest BCUT2D eigenvalue weighted by atomic mass is 79.9. The van der Waals surface area contributed by atoms with Gasteiger partial charge in [0.15, 0.2) is 0 Å². The molecule has 0 aliphatic rings. The van der Waals surface area contributed by atoms with Gasteiger partial charge in [0.05, 0.1) is 0 Å². The van der Waals surface area contributed by atoms with Crippen molar-refractivity contribution in [1.82, 2.24) is 0 Å². The van der Waals surface area contributed by atoms with E-state index < -0.39 is 7.12 Å². The van der Waals surface area contributed by atoms with Crippen molar-refractivity contribution in [1.29, 1.82) is 0 Å². The highest BCUT2D eigenvalue weighted by Crippen LogP contribution is 2.48. The highest BCUT2D eigenvalue weighted by Gasteiger charge is 2.22. The summed E-state index contributed by atoms with van der Waals surface area (Å²) in [5, 5.41) is 49.5. The van der Waals surface area contributed by atoms with Gasteiger partial charge < -0.3 is 10.0 Å². The summed E-state index contributed by atoms with van der Waals surface area (Å²) in [7, 11) is -1.53. The largest absolute Gasteiger partial charge is 0.488 e. The molecular formula is C114H73BBr2O2. The second-order valence-corrected chi connectivity index (χ2v) is 32.6. The summed E-state index contributed by atoms with van der Waals surface area (Å²) in [6.07, 6.45) is 0. The molecule has 119 heavy (non-hydrogen) atoms. The average molecular weight is 1650 g/mol. The third-order valence-electron chi connectivity index (χ3n) is 24.0. The monoisotopic (exact) mass is 1640 g/mol. The molecule has 558 valence electrons. The fourth-order valence-electron chi connectivity index (χ4n) is 18.5. The van der Waals surface area contributed by atoms with Gasteiger partial charge in [-0.3, -0.25) is 0 Å². The number of hydrogen-bond acceptors (Lipinski definition) is 2. The zero-order valence-electron chi connectivity index (χ0n) is 64.7. The van der Waals surface area contributed by atoms with E-state index in [1.165, 1.54) is 174 Å². The van der Waals surface area contributed by atoms with Crippen molar-refractivity contribution in [3.8, 4) is 89.0 Å². The third kappa shape index (κ3) is 13.5. The minimum absolute atomic E-state index is 0.485. The lowest BCUT2D eigenvalue weighted by molar-refractivity contribution is 0.426. The minimum Gasteiger partial charge on any atom is -0.423 e. The van der Waals surface area contributed by atoms with E-state index in [1.807, 2.05) is 48.5 Å². The number of benzene rings is 23. The van der Waals surface area contributed by atoms with Crippen LogP contribution >= 0.6 is 31.9 Å². The second-order valence-electron chi connectivity index (χ2n) is 30.9. The Morgan fingerprint density at radius 1 is 0.143 bits per heavy atom. The minimum atomic E-state index is -1.53. The molecule has 0 saturated carbocycles. The molecule has 0 fully saturated rings. The van der Waals surface area contributed by atoms with E-state index in [0.717, 1.165) is 52.7 Å². The summed E-state index contributed by atoms with van der Waals surface area (Å²) in [6.45, 7) is 0. The first-order valence-electron chi connectivity index (χ1n) is 40.4. The molecule has 0 bridgehead atoms. The first-order chi connectivity index (χ1) is 58.7. The highest BCUT2D eigenvalue weighted by molar-refractivity contribution is 9.11. The number of fused-ring (bicyclic) bond motifs is 16. The molecule has 0 aliphatic carbocycles. The molecule has 5 heteroatoms. The maximum Gasteiger partial charge on any atom is 0.488 e. The summed E-state index contributed by atoms with van der Waals surface area (Å²) < 4.78 is 2.29. The Morgan fingerprint density at radius 3 is 0.563 bits per heavy atom. The quantitative estimate of drug-likeness (QED) is 0.112. The van der Waals surface area contributed by atoms with E-state index in [1.54, 1.807) is 0 Å². The van der Waals surface area contributed by atoms with E-state index >= 15 is 0 Å². The maximum absolute atomic E-state index is 9.95. The third-order valence-corrected chi connectivity index (χ3v) is 25.3. The van der Waals surface area contributed by atoms with Gasteiger partial charge in [0.1, 0.15) is 0 Å². The average Bonchev–Trinajstić information content (AvgIpc) is 0.712. The Morgan fingerprint density at radius 2 is 0.319 bits per heavy atom. The summed E-state index contributed by atoms with van der Waals surface area (Å²) >= 11 is 7.42. The van der Waals surface area contributed by atoms with Crippen LogP contribution in [0.3, 0.4) is 0 Å². The zero-order valence-corrected chi connectivity index (χ0v) is 67.9. The van der Waals surface area contributed by atoms with Crippen molar-refractivity contribution in [3.05, 3.63) is 440 Å². The molecule has 0 saturated heterocycles. The van der Waals surface area contributed by atoms with E-state index in [4.69, 9.17) is 0 Å². The molecule has 0 amide bonds. The Labute approximate surface area is 706 Å². The SMILES string of the molecule is Brc1cc2c3ccccc3c(Br)cc2c2ccccc12.OB(O)c1cc(-c2cccc3ccccc23)cc(-c2cccc3ccccc23)c1.c1ccc2c(-c3cc(-c4cccc5ccccc45)cc(-c4cc5c6ccccc6c(-c6cc(-c7cccc8ccccc78)cc(-c7cccc8ccccc78)c6)cc5c5ccccc45)c3)cccc2c1. The van der Waals surface area contributed by atoms with Crippen LogP contribution in [-0.2, 0) is 0 Å². The lowest BCUT2D eigenvalue weighted by atomic mass is 9.77. The molecule has 0 atom stereocenters. The second kappa shape index (κ2) is 31.0. The molecule has 23 aromatic carbocycles. The van der Waals surface area contributed by atoms with Gasteiger partial charge in [0.2, 0.25) is 0 Å². The van der Waals surface area contributed by atoms with Gasteiger partial charge in [-0.2, -0.15) is 0 Å². The Hall–Kier alpha value is -13.9. The van der Waals surface area contributed by atoms with Crippen molar-refractivity contribution in [2.24, 2.45) is 0 Å². The summed E-state index contributed by atoms with van der Waals surface area (Å²) in [6, 6.07) is 156. The van der Waals surface area contributed by atoms with Crippen LogP contribution in [0.4, 0.5) is 0 Å². The summed E-state index contributed by atoms with van der Waals surface area (Å²) in [5.41, 5.74) is 19.2. The van der Waals surface area contributed by atoms with Crippen LogP contribution in [0.2, 0.25) is 0 Å². The lowest BCUT2D eigenvalue weighted by Crippen LogP contribution is -2.30. The maximum atomic E-state index is 9.95. The van der Waals surface area contributed by atoms with E-state index in [-0.39, 0.29) is 0 Å². The molecule has 0 spiro atoms. The molecule has 0 aliphatic heterocycles. The van der Waals surface area contributed by atoms with Crippen molar-refractivity contribution in [2.75, 3.05) is 0 Å². The molecule has 0 aromatic heterocycles. The molecule has 0 heterocycles. The van der Waals surface area contributed by atoms with Gasteiger partial charge in [0.25, 0.3) is 0 Å². The van der Waals surface area contributed by atoms with E-state index in [0.29, 0.717) is 5.46 Å². The van der Waals surface area contributed by atoms with E-state index in [2.05, 4.69) is 414 Å². The smallest absolute Gasteiger partial charge is 0.423 e. The zero-order chi connectivity index (χ0) is 79.6. The lowest BCUT2D eigenvalue weighted by Gasteiger charge is -2.19. The predicted molar refractivity (Wildman–Crippen MR) is 518 cm³/mol. The van der Waals surface area contributed by atoms with Crippen molar-refractivity contribution >= 4 is 174 Å². The molecular weight excluding hydrogens is 1570 g/mol. The number of rotatable bonds is 9. The molecule has 2 N–H and O–H groups in total. The van der Waals surface area contributed by atoms with Crippen LogP contribution in [0.15, 0.2) is 440 Å². The van der Waals surface area contributed by atoms with Crippen molar-refractivity contribution in [2.45, 2.75) is 0 Å². The first-order valence-corrected chi connectivity index (χ1v) is 42.0. The van der Waals surface area contributed by atoms with Gasteiger partial charge >= 0.3 is 7.12 Å². The first kappa shape index (κ1) is 72.8. The van der Waals surface area contributed by atoms with Crippen molar-refractivity contribution < 1.29 is 10.0 Å². The van der Waals surface area contributed by atoms with Crippen LogP contribution in [0.5, 0.6) is 0 Å². The molecule has 23 rings (SSSR count). The normalized spacial score (nSPS) is 11.5. The van der Waals surface area contributed by atoms with Gasteiger partial charge in [-0.15, -0.1) is 0 Å². The van der Waals surface area contributed by atoms with Crippen LogP contribution in [0.25, 0.3) is 218 Å². The van der Waals surface area contributed by atoms with Crippen LogP contribution in [0.1, 0.15) is 0 Å². The molecule has 0 unspecified atom stereocenters. The van der Waals surface area contributed by atoms with E-state index in [9.17, 15) is 10.0 Å². The molecule has 23 aromatic rings. The molecule has 0 radical (unpaired) electrons. The fraction of sp³-hybridized carbons (Fsp3) is 0. The van der Waals surface area contributed by atoms with Gasteiger partial charge in [-0.05, 0) is 290 Å². The fourth-order valence-corrected chi connectivity index (χ4v) is 19.6. The number of hydrogen-bond donors (Lipinski definition) is 2. The summed E-state index contributed by atoms with van der Waals surface area (Å²) in [4.78, 5) is 0. The summed E-state index contributed by atoms with van der Waals surface area (Å²) in [5.74, 6) is 0. The predicted octanol–water partition coefficient (Wildman–Crippen LogP) is 31.4. The standard InChI is InChI=1S/C70H44.C26H19BO2.C18H10Br2/c1-5-25-55-45(17-1)21-13-33-59(55)49-37-50(60-34-14-22-46-18-2-6-26-56(46)60)40-53(39-49)67-43-69-66-32-12-10-30-64(66)68(44-70(69)65-31-11-9-29-63(65)67)54-41-51(61-35-15-23-47-19-3-7-27-57(47)61)38-52(42-54)62-36-16-24-48-20-4-8-28-58(48)62;28-27(29)22-16-20(25-13-5-9-18-7-1-3-11-23(18)25)15-21(17-22)26-14-6-10-19-8-2-4-12-24(19)26;19-17-10-16-12-6-2-4-8-14(12)18(20)9-15(16)11-5-1-3-7-13(11)17/h1-44H;1-17,28-29H;1-10H. The van der Waals surface area contributed by atoms with Gasteiger partial charge in [-0.25, -0.2) is 0 Å². The van der Waals surface area contributed by atoms with Crippen LogP contribution in [0, 0.1) is 0 Å². The Kier molecular flexibility index (Phi) is 18.9. The van der Waals surface area contributed by atoms with Crippen LogP contribution in [-0.4, -0.2) is 17.2 Å². The van der Waals surface area contributed by atoms with Crippen molar-refractivity contribution in [3.63, 3.8) is 0 Å². The Bertz CT molecular complexity index is 7330.